The van der Waals surface area contributed by atoms with E-state index in [-0.39, 0.29) is 28.8 Å². The Labute approximate surface area is 297 Å². The van der Waals surface area contributed by atoms with Crippen molar-refractivity contribution < 1.29 is 16.8 Å². The van der Waals surface area contributed by atoms with Gasteiger partial charge in [-0.3, -0.25) is 0 Å². The molecule has 10 aromatic rings. The average Bonchev–Trinajstić information content (AvgIpc) is 3.63. The Hall–Kier alpha value is -6.44. The molecule has 0 N–H and O–H groups in total. The van der Waals surface area contributed by atoms with Gasteiger partial charge in [-0.05, 0) is 95.7 Å². The fraction of sp³-hybridized carbons (Fsp3) is 0. The van der Waals surface area contributed by atoms with Gasteiger partial charge in [0.1, 0.15) is 11.2 Å². The molecule has 1 heteroatoms. The minimum Gasteiger partial charge on any atom is -0.455 e. The van der Waals surface area contributed by atoms with Crippen molar-refractivity contribution in [3.05, 3.63) is 182 Å². The summed E-state index contributed by atoms with van der Waals surface area (Å²) in [6.45, 7) is 0. The van der Waals surface area contributed by atoms with E-state index in [4.69, 9.17) is 14.0 Å². The van der Waals surface area contributed by atoms with Gasteiger partial charge in [-0.25, -0.2) is 0 Å². The minimum absolute atomic E-state index is 0.0401. The maximum absolute atomic E-state index is 9.57. The van der Waals surface area contributed by atoms with Crippen LogP contribution >= 0.6 is 0 Å². The van der Waals surface area contributed by atoms with Gasteiger partial charge in [-0.1, -0.05) is 158 Å². The maximum atomic E-state index is 9.57. The molecule has 228 valence electrons. The number of rotatable bonds is 4. The Morgan fingerprint density at radius 3 is 1.63 bits per heavy atom. The molecule has 0 fully saturated rings. The summed E-state index contributed by atoms with van der Waals surface area (Å²) >= 11 is 0. The first-order chi connectivity index (χ1) is 28.1. The van der Waals surface area contributed by atoms with Crippen LogP contribution in [0, 0.1) is 0 Å². The van der Waals surface area contributed by atoms with E-state index in [1.165, 1.54) is 0 Å². The molecule has 0 bridgehead atoms. The fourth-order valence-electron chi connectivity index (χ4n) is 7.29. The highest BCUT2D eigenvalue weighted by atomic mass is 16.3. The second-order valence-corrected chi connectivity index (χ2v) is 12.1. The van der Waals surface area contributed by atoms with E-state index in [1.807, 2.05) is 91.0 Å². The first kappa shape index (κ1) is 20.0. The second-order valence-electron chi connectivity index (χ2n) is 12.1. The third kappa shape index (κ3) is 4.40. The third-order valence-corrected chi connectivity index (χ3v) is 9.41. The van der Waals surface area contributed by atoms with E-state index in [0.29, 0.717) is 16.3 Å². The lowest BCUT2D eigenvalue weighted by Crippen LogP contribution is -1.91. The average molecular weight is 632 g/mol. The molecule has 1 nitrogen and oxygen atoms in total. The van der Waals surface area contributed by atoms with E-state index >= 15 is 0 Å². The predicted octanol–water partition coefficient (Wildman–Crippen LogP) is 13.7. The number of hydrogen-bond donors (Lipinski definition) is 0. The molecule has 0 spiro atoms. The van der Waals surface area contributed by atoms with Crippen molar-refractivity contribution in [3.63, 3.8) is 0 Å². The summed E-state index contributed by atoms with van der Waals surface area (Å²) in [4.78, 5) is 0. The molecule has 10 rings (SSSR count). The summed E-state index contributed by atoms with van der Waals surface area (Å²) in [5, 5.41) is 7.07. The summed E-state index contributed by atoms with van der Waals surface area (Å²) in [5.74, 6) is 0. The van der Waals surface area contributed by atoms with Crippen LogP contribution in [-0.4, -0.2) is 0 Å². The molecule has 0 aliphatic carbocycles. The molecule has 0 amide bonds. The normalized spacial score (nSPS) is 14.2. The van der Waals surface area contributed by atoms with Crippen LogP contribution in [0.4, 0.5) is 0 Å². The van der Waals surface area contributed by atoms with Crippen LogP contribution in [0.2, 0.25) is 0 Å². The molecule has 0 unspecified atom stereocenters. The van der Waals surface area contributed by atoms with Crippen LogP contribution in [0.25, 0.3) is 98.8 Å². The lowest BCUT2D eigenvalue weighted by atomic mass is 9.85. The first-order valence-corrected chi connectivity index (χ1v) is 16.1. The Kier molecular flexibility index (Phi) is 4.53. The SMILES string of the molecule is [2H]c1c([2H])c([2H])c(-c2c([2H])c([2H])c([2H])c(-c3c4ccccc4c(-c4ccc5oc6c7ccccc7c(-c7ccccc7)cc6c5c4)c4ccccc34)c2[2H])c([2H])c1[2H]. The largest absolute Gasteiger partial charge is 0.455 e. The summed E-state index contributed by atoms with van der Waals surface area (Å²) < 4.78 is 85.3. The molecule has 49 heavy (non-hydrogen) atoms. The highest BCUT2D eigenvalue weighted by Gasteiger charge is 2.19. The van der Waals surface area contributed by atoms with Gasteiger partial charge in [0.2, 0.25) is 0 Å². The topological polar surface area (TPSA) is 13.1 Å². The summed E-state index contributed by atoms with van der Waals surface area (Å²) in [7, 11) is 0. The van der Waals surface area contributed by atoms with Gasteiger partial charge in [-0.15, -0.1) is 0 Å². The van der Waals surface area contributed by atoms with Crippen LogP contribution in [0.5, 0.6) is 0 Å². The molecule has 0 saturated heterocycles. The standard InChI is InChI=1S/C48H30O/c1-3-14-31(15-4-1)33-18-13-19-34(28-33)46-37-21-8-10-23-39(37)47(40-24-11-9-22-38(40)46)35-26-27-45-43(29-35)44-30-42(32-16-5-2-6-17-32)36-20-7-12-25-41(36)48(44)49-45/h1-30H/i1D,3D,4D,13D,14D,15D,18D,19D,28D. The molecule has 0 aliphatic rings. The van der Waals surface area contributed by atoms with Crippen molar-refractivity contribution in [2.24, 2.45) is 0 Å². The van der Waals surface area contributed by atoms with Crippen molar-refractivity contribution in [2.75, 3.05) is 0 Å². The van der Waals surface area contributed by atoms with Crippen LogP contribution in [0.15, 0.2) is 186 Å². The Balaban J connectivity index is 1.28. The van der Waals surface area contributed by atoms with E-state index in [2.05, 4.69) is 36.4 Å². The van der Waals surface area contributed by atoms with Crippen LogP contribution in [0.3, 0.4) is 0 Å². The molecule has 0 atom stereocenters. The molecular weight excluding hydrogens is 593 g/mol. The van der Waals surface area contributed by atoms with E-state index in [1.54, 1.807) is 0 Å². The monoisotopic (exact) mass is 631 g/mol. The molecular formula is C48H30O. The smallest absolute Gasteiger partial charge is 0.143 e. The predicted molar refractivity (Wildman–Crippen MR) is 208 cm³/mol. The summed E-state index contributed by atoms with van der Waals surface area (Å²) in [6.07, 6.45) is 0. The van der Waals surface area contributed by atoms with E-state index in [9.17, 15) is 2.74 Å². The van der Waals surface area contributed by atoms with Gasteiger partial charge in [0.15, 0.2) is 0 Å². The number of furan rings is 1. The van der Waals surface area contributed by atoms with Crippen molar-refractivity contribution in [1.82, 2.24) is 0 Å². The van der Waals surface area contributed by atoms with Gasteiger partial charge < -0.3 is 4.42 Å². The highest BCUT2D eigenvalue weighted by molar-refractivity contribution is 6.23. The second kappa shape index (κ2) is 11.1. The quantitative estimate of drug-likeness (QED) is 0.176. The first-order valence-electron chi connectivity index (χ1n) is 20.6. The number of benzene rings is 9. The summed E-state index contributed by atoms with van der Waals surface area (Å²) in [5.41, 5.74) is 5.49. The van der Waals surface area contributed by atoms with Gasteiger partial charge in [-0.2, -0.15) is 0 Å². The van der Waals surface area contributed by atoms with Gasteiger partial charge in [0.05, 0.1) is 12.3 Å². The molecule has 9 aromatic carbocycles. The molecule has 1 aromatic heterocycles. The maximum Gasteiger partial charge on any atom is 0.143 e. The fourth-order valence-corrected chi connectivity index (χ4v) is 7.29. The summed E-state index contributed by atoms with van der Waals surface area (Å²) in [6, 6.07) is 37.6. The molecule has 0 aliphatic heterocycles. The van der Waals surface area contributed by atoms with Gasteiger partial charge >= 0.3 is 0 Å². The van der Waals surface area contributed by atoms with E-state index in [0.717, 1.165) is 65.7 Å². The Bertz CT molecular complexity index is 3300. The van der Waals surface area contributed by atoms with Gasteiger partial charge in [0.25, 0.3) is 0 Å². The Morgan fingerprint density at radius 1 is 0.367 bits per heavy atom. The van der Waals surface area contributed by atoms with Crippen LogP contribution in [-0.2, 0) is 0 Å². The Morgan fingerprint density at radius 2 is 0.939 bits per heavy atom. The lowest BCUT2D eigenvalue weighted by molar-refractivity contribution is 0.673. The zero-order chi connectivity index (χ0) is 40.1. The van der Waals surface area contributed by atoms with Crippen molar-refractivity contribution >= 4 is 54.3 Å². The highest BCUT2D eigenvalue weighted by Crippen LogP contribution is 2.46. The van der Waals surface area contributed by atoms with Crippen molar-refractivity contribution in [1.29, 1.82) is 0 Å². The van der Waals surface area contributed by atoms with Crippen LogP contribution in [0.1, 0.15) is 12.3 Å². The number of hydrogen-bond acceptors (Lipinski definition) is 1. The van der Waals surface area contributed by atoms with Crippen molar-refractivity contribution in [3.8, 4) is 44.5 Å². The molecule has 0 saturated carbocycles. The zero-order valence-electron chi connectivity index (χ0n) is 35.0. The van der Waals surface area contributed by atoms with Crippen LogP contribution < -0.4 is 0 Å². The lowest BCUT2D eigenvalue weighted by Gasteiger charge is -2.18. The van der Waals surface area contributed by atoms with E-state index < -0.39 is 42.3 Å². The molecule has 1 heterocycles. The third-order valence-electron chi connectivity index (χ3n) is 9.41. The zero-order valence-corrected chi connectivity index (χ0v) is 26.0. The minimum atomic E-state index is -0.607. The number of fused-ring (bicyclic) bond motifs is 7. The molecule has 0 radical (unpaired) electrons. The van der Waals surface area contributed by atoms with Crippen molar-refractivity contribution in [2.45, 2.75) is 0 Å². The van der Waals surface area contributed by atoms with Gasteiger partial charge in [0, 0.05) is 16.2 Å².